The average Bonchev–Trinajstić information content (AvgIpc) is 2.73. The molecular weight excluding hydrogens is 354 g/mol. The number of aliphatic hydroxyl groups excluding tert-OH is 1. The fourth-order valence-corrected chi connectivity index (χ4v) is 3.03. The number of nitrogens with zero attached hydrogens (tertiary/aromatic N) is 2. The van der Waals surface area contributed by atoms with Crippen molar-refractivity contribution in [1.29, 1.82) is 0 Å². The minimum absolute atomic E-state index is 0.0727. The van der Waals surface area contributed by atoms with Crippen LogP contribution >= 0.6 is 0 Å². The van der Waals surface area contributed by atoms with Crippen LogP contribution in [0.25, 0.3) is 11.3 Å². The first kappa shape index (κ1) is 19.5. The molecule has 0 bridgehead atoms. The number of aryl methyl sites for hydroxylation is 1. The summed E-state index contributed by atoms with van der Waals surface area (Å²) in [5, 5.41) is 13.0. The van der Waals surface area contributed by atoms with Crippen LogP contribution in [0, 0.1) is 6.92 Å². The van der Waals surface area contributed by atoms with Crippen molar-refractivity contribution in [3.05, 3.63) is 77.5 Å². The Kier molecular flexibility index (Phi) is 6.34. The Morgan fingerprint density at radius 1 is 1.07 bits per heavy atom. The maximum Gasteiger partial charge on any atom is 0.341 e. The van der Waals surface area contributed by atoms with Crippen molar-refractivity contribution in [3.63, 3.8) is 0 Å². The van der Waals surface area contributed by atoms with Crippen molar-refractivity contribution in [1.82, 2.24) is 9.97 Å². The van der Waals surface area contributed by atoms with E-state index in [4.69, 9.17) is 4.74 Å². The number of rotatable bonds is 7. The van der Waals surface area contributed by atoms with Crippen LogP contribution in [0.3, 0.4) is 0 Å². The molecule has 3 aromatic rings. The summed E-state index contributed by atoms with van der Waals surface area (Å²) in [7, 11) is 1.34. The summed E-state index contributed by atoms with van der Waals surface area (Å²) >= 11 is 0. The zero-order valence-corrected chi connectivity index (χ0v) is 15.9. The number of nitrogens with one attached hydrogen (secondary N) is 1. The molecular formula is C22H23N3O3. The summed E-state index contributed by atoms with van der Waals surface area (Å²) in [5.41, 5.74) is 3.24. The second-order valence-electron chi connectivity index (χ2n) is 6.43. The molecule has 0 fully saturated rings. The normalized spacial score (nSPS) is 11.7. The molecule has 1 unspecified atom stereocenters. The molecule has 144 valence electrons. The number of carbonyl (C=O) groups excluding carboxylic acids is 1. The SMILES string of the molecule is COC(=O)c1c(C)nc(NC(CO)Cc2ccccc2)nc1-c1ccccc1. The smallest absolute Gasteiger partial charge is 0.341 e. The predicted octanol–water partition coefficient (Wildman–Crippen LogP) is 3.25. The second kappa shape index (κ2) is 9.10. The lowest BCUT2D eigenvalue weighted by atomic mass is 10.0. The van der Waals surface area contributed by atoms with Crippen LogP contribution in [0.1, 0.15) is 21.6 Å². The number of ether oxygens (including phenoxy) is 1. The molecule has 2 N–H and O–H groups in total. The van der Waals surface area contributed by atoms with E-state index in [-0.39, 0.29) is 12.6 Å². The third kappa shape index (κ3) is 4.53. The van der Waals surface area contributed by atoms with Gasteiger partial charge in [-0.05, 0) is 18.9 Å². The van der Waals surface area contributed by atoms with E-state index >= 15 is 0 Å². The monoisotopic (exact) mass is 377 g/mol. The van der Waals surface area contributed by atoms with Crippen molar-refractivity contribution < 1.29 is 14.6 Å². The molecule has 6 heteroatoms. The summed E-state index contributed by atoms with van der Waals surface area (Å²) in [6.07, 6.45) is 0.624. The van der Waals surface area contributed by atoms with Gasteiger partial charge in [-0.2, -0.15) is 0 Å². The number of aliphatic hydroxyl groups is 1. The summed E-state index contributed by atoms with van der Waals surface area (Å²) in [4.78, 5) is 21.3. The van der Waals surface area contributed by atoms with E-state index in [0.29, 0.717) is 29.3 Å². The molecule has 0 saturated heterocycles. The lowest BCUT2D eigenvalue weighted by molar-refractivity contribution is 0.0600. The maximum atomic E-state index is 12.3. The number of benzene rings is 2. The fraction of sp³-hybridized carbons (Fsp3) is 0.227. The van der Waals surface area contributed by atoms with Gasteiger partial charge >= 0.3 is 5.97 Å². The van der Waals surface area contributed by atoms with Crippen LogP contribution in [0.4, 0.5) is 5.95 Å². The molecule has 28 heavy (non-hydrogen) atoms. The summed E-state index contributed by atoms with van der Waals surface area (Å²) < 4.78 is 4.92. The summed E-state index contributed by atoms with van der Waals surface area (Å²) in [6, 6.07) is 19.1. The number of esters is 1. The van der Waals surface area contributed by atoms with Crippen LogP contribution < -0.4 is 5.32 Å². The number of methoxy groups -OCH3 is 1. The van der Waals surface area contributed by atoms with Crippen LogP contribution in [0.15, 0.2) is 60.7 Å². The number of aromatic nitrogens is 2. The Bertz CT molecular complexity index is 931. The van der Waals surface area contributed by atoms with Gasteiger partial charge in [0.1, 0.15) is 5.56 Å². The fourth-order valence-electron chi connectivity index (χ4n) is 3.03. The Morgan fingerprint density at radius 3 is 2.32 bits per heavy atom. The molecule has 0 aliphatic heterocycles. The van der Waals surface area contributed by atoms with Crippen LogP contribution in [-0.4, -0.2) is 40.8 Å². The Labute approximate surface area is 164 Å². The summed E-state index contributed by atoms with van der Waals surface area (Å²) in [6.45, 7) is 1.67. The highest BCUT2D eigenvalue weighted by atomic mass is 16.5. The topological polar surface area (TPSA) is 84.3 Å². The minimum Gasteiger partial charge on any atom is -0.465 e. The molecule has 0 saturated carbocycles. The highest BCUT2D eigenvalue weighted by Crippen LogP contribution is 2.26. The average molecular weight is 377 g/mol. The van der Waals surface area contributed by atoms with Gasteiger partial charge in [-0.1, -0.05) is 60.7 Å². The van der Waals surface area contributed by atoms with Crippen molar-refractivity contribution in [2.45, 2.75) is 19.4 Å². The zero-order valence-electron chi connectivity index (χ0n) is 15.9. The van der Waals surface area contributed by atoms with Gasteiger partial charge in [-0.25, -0.2) is 14.8 Å². The number of hydrogen-bond donors (Lipinski definition) is 2. The van der Waals surface area contributed by atoms with Gasteiger partial charge < -0.3 is 15.2 Å². The highest BCUT2D eigenvalue weighted by molar-refractivity contribution is 5.97. The lowest BCUT2D eigenvalue weighted by Crippen LogP contribution is -2.28. The third-order valence-corrected chi connectivity index (χ3v) is 4.41. The van der Waals surface area contributed by atoms with Gasteiger partial charge in [-0.15, -0.1) is 0 Å². The molecule has 0 aliphatic carbocycles. The van der Waals surface area contributed by atoms with Crippen LogP contribution in [0.2, 0.25) is 0 Å². The molecule has 0 spiro atoms. The molecule has 0 radical (unpaired) electrons. The van der Waals surface area contributed by atoms with Gasteiger partial charge in [-0.3, -0.25) is 0 Å². The highest BCUT2D eigenvalue weighted by Gasteiger charge is 2.21. The van der Waals surface area contributed by atoms with E-state index in [0.717, 1.165) is 11.1 Å². The van der Waals surface area contributed by atoms with Gasteiger partial charge in [0, 0.05) is 5.56 Å². The molecule has 3 rings (SSSR count). The predicted molar refractivity (Wildman–Crippen MR) is 108 cm³/mol. The molecule has 0 amide bonds. The molecule has 2 aromatic carbocycles. The molecule has 1 aromatic heterocycles. The second-order valence-corrected chi connectivity index (χ2v) is 6.43. The van der Waals surface area contributed by atoms with Crippen molar-refractivity contribution >= 4 is 11.9 Å². The van der Waals surface area contributed by atoms with Gasteiger partial charge in [0.15, 0.2) is 0 Å². The quantitative estimate of drug-likeness (QED) is 0.615. The van der Waals surface area contributed by atoms with Gasteiger partial charge in [0.25, 0.3) is 0 Å². The van der Waals surface area contributed by atoms with E-state index in [1.807, 2.05) is 60.7 Å². The maximum absolute atomic E-state index is 12.3. The Morgan fingerprint density at radius 2 is 1.71 bits per heavy atom. The number of anilines is 1. The zero-order chi connectivity index (χ0) is 19.9. The number of carbonyl (C=O) groups is 1. The van der Waals surface area contributed by atoms with Gasteiger partial charge in [0.05, 0.1) is 31.1 Å². The largest absolute Gasteiger partial charge is 0.465 e. The summed E-state index contributed by atoms with van der Waals surface area (Å²) in [5.74, 6) is -0.120. The molecule has 1 heterocycles. The van der Waals surface area contributed by atoms with Crippen LogP contribution in [-0.2, 0) is 11.2 Å². The molecule has 6 nitrogen and oxygen atoms in total. The van der Waals surface area contributed by atoms with E-state index in [2.05, 4.69) is 15.3 Å². The van der Waals surface area contributed by atoms with E-state index in [1.165, 1.54) is 7.11 Å². The first-order valence-electron chi connectivity index (χ1n) is 9.06. The first-order valence-corrected chi connectivity index (χ1v) is 9.06. The van der Waals surface area contributed by atoms with Gasteiger partial charge in [0.2, 0.25) is 5.95 Å². The van der Waals surface area contributed by atoms with E-state index in [1.54, 1.807) is 6.92 Å². The van der Waals surface area contributed by atoms with Crippen molar-refractivity contribution in [3.8, 4) is 11.3 Å². The molecule has 1 atom stereocenters. The van der Waals surface area contributed by atoms with Crippen LogP contribution in [0.5, 0.6) is 0 Å². The minimum atomic E-state index is -0.481. The number of hydrogen-bond acceptors (Lipinski definition) is 6. The first-order chi connectivity index (χ1) is 13.6. The standard InChI is InChI=1S/C22H23N3O3/c1-15-19(21(27)28-2)20(17-11-7-4-8-12-17)25-22(23-15)24-18(14-26)13-16-9-5-3-6-10-16/h3-12,18,26H,13-14H2,1-2H3,(H,23,24,25). The Balaban J connectivity index is 1.95. The Hall–Kier alpha value is -3.25. The van der Waals surface area contributed by atoms with Crippen molar-refractivity contribution in [2.75, 3.05) is 19.0 Å². The third-order valence-electron chi connectivity index (χ3n) is 4.41. The molecule has 0 aliphatic rings. The van der Waals surface area contributed by atoms with E-state index in [9.17, 15) is 9.90 Å². The van der Waals surface area contributed by atoms with E-state index < -0.39 is 5.97 Å². The van der Waals surface area contributed by atoms with Crippen molar-refractivity contribution in [2.24, 2.45) is 0 Å². The lowest BCUT2D eigenvalue weighted by Gasteiger charge is -2.18.